The normalized spacial score (nSPS) is 15.1. The lowest BCUT2D eigenvalue weighted by atomic mass is 9.85. The SMILES string of the molecule is COC(=O)c1cc2nc(Cl)c3nnc(C4CCC4)n3c2cc1C. The lowest BCUT2D eigenvalue weighted by molar-refractivity contribution is 0.0600. The van der Waals surface area contributed by atoms with Gasteiger partial charge in [-0.2, -0.15) is 0 Å². The maximum atomic E-state index is 11.9. The second kappa shape index (κ2) is 5.16. The Hall–Kier alpha value is -2.21. The summed E-state index contributed by atoms with van der Waals surface area (Å²) in [4.78, 5) is 16.3. The lowest BCUT2D eigenvalue weighted by Gasteiger charge is -2.23. The quantitative estimate of drug-likeness (QED) is 0.674. The summed E-state index contributed by atoms with van der Waals surface area (Å²) < 4.78 is 6.80. The largest absolute Gasteiger partial charge is 0.465 e. The standard InChI is InChI=1S/C16H15ClN4O2/c1-8-6-12-11(7-10(8)16(22)23-2)18-13(17)15-20-19-14(21(12)15)9-4-3-5-9/h6-7,9H,3-5H2,1-2H3. The van der Waals surface area contributed by atoms with E-state index in [0.29, 0.717) is 22.6 Å². The first-order chi connectivity index (χ1) is 11.1. The van der Waals surface area contributed by atoms with Gasteiger partial charge in [0.2, 0.25) is 0 Å². The van der Waals surface area contributed by atoms with Crippen LogP contribution in [0, 0.1) is 6.92 Å². The van der Waals surface area contributed by atoms with Gasteiger partial charge in [-0.15, -0.1) is 10.2 Å². The Balaban J connectivity index is 2.05. The van der Waals surface area contributed by atoms with Crippen LogP contribution in [0.25, 0.3) is 16.7 Å². The van der Waals surface area contributed by atoms with Crippen LogP contribution >= 0.6 is 11.6 Å². The molecule has 4 rings (SSSR count). The average Bonchev–Trinajstić information content (AvgIpc) is 2.90. The van der Waals surface area contributed by atoms with Crippen molar-refractivity contribution in [2.45, 2.75) is 32.1 Å². The van der Waals surface area contributed by atoms with Gasteiger partial charge in [0, 0.05) is 5.92 Å². The highest BCUT2D eigenvalue weighted by Crippen LogP contribution is 2.37. The van der Waals surface area contributed by atoms with Crippen molar-refractivity contribution in [3.8, 4) is 0 Å². The summed E-state index contributed by atoms with van der Waals surface area (Å²) >= 11 is 6.27. The number of hydrogen-bond donors (Lipinski definition) is 0. The van der Waals surface area contributed by atoms with Gasteiger partial charge in [0.15, 0.2) is 10.8 Å². The average molecular weight is 331 g/mol. The first-order valence-corrected chi connectivity index (χ1v) is 7.91. The number of esters is 1. The summed E-state index contributed by atoms with van der Waals surface area (Å²) in [7, 11) is 1.37. The molecule has 0 amide bonds. The zero-order valence-corrected chi connectivity index (χ0v) is 13.6. The molecule has 0 spiro atoms. The Labute approximate surface area is 137 Å². The Bertz CT molecular complexity index is 946. The van der Waals surface area contributed by atoms with Crippen molar-refractivity contribution in [2.24, 2.45) is 0 Å². The van der Waals surface area contributed by atoms with E-state index in [2.05, 4.69) is 15.2 Å². The fourth-order valence-electron chi connectivity index (χ4n) is 3.03. The highest BCUT2D eigenvalue weighted by Gasteiger charge is 2.27. The second-order valence-corrected chi connectivity index (χ2v) is 6.25. The van der Waals surface area contributed by atoms with E-state index in [9.17, 15) is 4.79 Å². The van der Waals surface area contributed by atoms with Crippen molar-refractivity contribution >= 4 is 34.3 Å². The number of methoxy groups -OCH3 is 1. The summed E-state index contributed by atoms with van der Waals surface area (Å²) in [6.45, 7) is 1.87. The van der Waals surface area contributed by atoms with Gasteiger partial charge in [0.1, 0.15) is 5.82 Å². The summed E-state index contributed by atoms with van der Waals surface area (Å²) in [6.07, 6.45) is 3.44. The number of fused-ring (bicyclic) bond motifs is 3. The Morgan fingerprint density at radius 3 is 2.78 bits per heavy atom. The molecule has 1 fully saturated rings. The highest BCUT2D eigenvalue weighted by atomic mass is 35.5. The van der Waals surface area contributed by atoms with E-state index in [1.54, 1.807) is 6.07 Å². The maximum absolute atomic E-state index is 11.9. The van der Waals surface area contributed by atoms with Gasteiger partial charge in [0.25, 0.3) is 0 Å². The molecule has 118 valence electrons. The molecule has 0 atom stereocenters. The molecule has 3 aromatic rings. The molecule has 0 saturated heterocycles. The van der Waals surface area contributed by atoms with Gasteiger partial charge in [-0.25, -0.2) is 9.78 Å². The first-order valence-electron chi connectivity index (χ1n) is 7.53. The van der Waals surface area contributed by atoms with Crippen LogP contribution in [0.4, 0.5) is 0 Å². The minimum absolute atomic E-state index is 0.287. The predicted octanol–water partition coefficient (Wildman–Crippen LogP) is 3.29. The van der Waals surface area contributed by atoms with Crippen LogP contribution in [0.3, 0.4) is 0 Å². The molecule has 0 N–H and O–H groups in total. The molecule has 1 saturated carbocycles. The van der Waals surface area contributed by atoms with Crippen LogP contribution in [0.5, 0.6) is 0 Å². The molecule has 23 heavy (non-hydrogen) atoms. The van der Waals surface area contributed by atoms with Crippen LogP contribution in [-0.2, 0) is 4.74 Å². The van der Waals surface area contributed by atoms with Gasteiger partial charge in [0.05, 0.1) is 23.7 Å². The van der Waals surface area contributed by atoms with E-state index in [0.717, 1.165) is 29.7 Å². The Morgan fingerprint density at radius 2 is 2.13 bits per heavy atom. The summed E-state index contributed by atoms with van der Waals surface area (Å²) in [5.41, 5.74) is 3.37. The summed E-state index contributed by atoms with van der Waals surface area (Å²) in [6, 6.07) is 3.63. The third kappa shape index (κ3) is 2.09. The van der Waals surface area contributed by atoms with Crippen LogP contribution in [-0.4, -0.2) is 32.7 Å². The second-order valence-electron chi connectivity index (χ2n) is 5.90. The van der Waals surface area contributed by atoms with Gasteiger partial charge in [-0.05, 0) is 37.5 Å². The Kier molecular flexibility index (Phi) is 3.23. The fourth-order valence-corrected chi connectivity index (χ4v) is 3.25. The molecule has 0 radical (unpaired) electrons. The zero-order valence-electron chi connectivity index (χ0n) is 12.8. The third-order valence-corrected chi connectivity index (χ3v) is 4.78. The van der Waals surface area contributed by atoms with Crippen LogP contribution in [0.15, 0.2) is 12.1 Å². The van der Waals surface area contributed by atoms with Crippen molar-refractivity contribution in [3.63, 3.8) is 0 Å². The van der Waals surface area contributed by atoms with Crippen molar-refractivity contribution in [1.82, 2.24) is 19.6 Å². The number of benzene rings is 1. The fraction of sp³-hybridized carbons (Fsp3) is 0.375. The topological polar surface area (TPSA) is 69.4 Å². The molecule has 7 heteroatoms. The molecule has 0 unspecified atom stereocenters. The van der Waals surface area contributed by atoms with E-state index in [-0.39, 0.29) is 11.1 Å². The van der Waals surface area contributed by atoms with E-state index in [1.807, 2.05) is 17.4 Å². The highest BCUT2D eigenvalue weighted by molar-refractivity contribution is 6.32. The zero-order chi connectivity index (χ0) is 16.1. The number of nitrogens with zero attached hydrogens (tertiary/aromatic N) is 4. The van der Waals surface area contributed by atoms with E-state index in [1.165, 1.54) is 13.5 Å². The first kappa shape index (κ1) is 14.4. The number of hydrogen-bond acceptors (Lipinski definition) is 5. The van der Waals surface area contributed by atoms with Crippen LogP contribution in [0.2, 0.25) is 5.15 Å². The minimum Gasteiger partial charge on any atom is -0.465 e. The van der Waals surface area contributed by atoms with E-state index >= 15 is 0 Å². The molecule has 1 aromatic carbocycles. The number of carbonyl (C=O) groups excluding carboxylic acids is 1. The van der Waals surface area contributed by atoms with Crippen molar-refractivity contribution in [2.75, 3.05) is 7.11 Å². The maximum Gasteiger partial charge on any atom is 0.338 e. The smallest absolute Gasteiger partial charge is 0.338 e. The molecule has 1 aliphatic carbocycles. The molecule has 1 aliphatic rings. The number of aromatic nitrogens is 4. The molecule has 2 heterocycles. The van der Waals surface area contributed by atoms with E-state index < -0.39 is 0 Å². The number of rotatable bonds is 2. The summed E-state index contributed by atoms with van der Waals surface area (Å²) in [5.74, 6) is 0.948. The van der Waals surface area contributed by atoms with Crippen molar-refractivity contribution < 1.29 is 9.53 Å². The number of halogens is 1. The molecular weight excluding hydrogens is 316 g/mol. The van der Waals surface area contributed by atoms with Crippen LogP contribution in [0.1, 0.15) is 46.9 Å². The molecule has 2 aromatic heterocycles. The minimum atomic E-state index is -0.384. The van der Waals surface area contributed by atoms with Gasteiger partial charge >= 0.3 is 5.97 Å². The van der Waals surface area contributed by atoms with Gasteiger partial charge in [-0.3, -0.25) is 4.40 Å². The lowest BCUT2D eigenvalue weighted by Crippen LogP contribution is -2.13. The monoisotopic (exact) mass is 330 g/mol. The number of ether oxygens (including phenoxy) is 1. The molecule has 0 aliphatic heterocycles. The van der Waals surface area contributed by atoms with Gasteiger partial charge in [-0.1, -0.05) is 18.0 Å². The number of carbonyl (C=O) groups is 1. The molecule has 0 bridgehead atoms. The van der Waals surface area contributed by atoms with Crippen LogP contribution < -0.4 is 0 Å². The summed E-state index contributed by atoms with van der Waals surface area (Å²) in [5, 5.41) is 8.82. The molecular formula is C16H15ClN4O2. The van der Waals surface area contributed by atoms with Crippen molar-refractivity contribution in [3.05, 3.63) is 34.2 Å². The molecule has 6 nitrogen and oxygen atoms in total. The third-order valence-electron chi connectivity index (χ3n) is 4.53. The number of aryl methyl sites for hydroxylation is 1. The predicted molar refractivity (Wildman–Crippen MR) is 86.0 cm³/mol. The van der Waals surface area contributed by atoms with Gasteiger partial charge < -0.3 is 4.74 Å². The Morgan fingerprint density at radius 1 is 1.35 bits per heavy atom. The van der Waals surface area contributed by atoms with E-state index in [4.69, 9.17) is 16.3 Å². The van der Waals surface area contributed by atoms with Crippen molar-refractivity contribution in [1.29, 1.82) is 0 Å².